The quantitative estimate of drug-likeness (QED) is 0.832. The Bertz CT molecular complexity index is 655. The molecule has 2 heterocycles. The largest absolute Gasteiger partial charge is 0.465 e. The Morgan fingerprint density at radius 3 is 2.86 bits per heavy atom. The summed E-state index contributed by atoms with van der Waals surface area (Å²) in [6, 6.07) is 1.49. The van der Waals surface area contributed by atoms with Crippen LogP contribution in [0.15, 0.2) is 16.3 Å². The van der Waals surface area contributed by atoms with E-state index in [9.17, 15) is 13.2 Å². The number of esters is 1. The van der Waals surface area contributed by atoms with Gasteiger partial charge in [0.05, 0.1) is 12.0 Å². The molecule has 0 spiro atoms. The number of methoxy groups -OCH3 is 1. The predicted octanol–water partition coefficient (Wildman–Crippen LogP) is 0.893. The van der Waals surface area contributed by atoms with Crippen molar-refractivity contribution in [1.82, 2.24) is 4.31 Å². The average Bonchev–Trinajstić information content (AvgIpc) is 3.15. The van der Waals surface area contributed by atoms with Gasteiger partial charge in [-0.15, -0.1) is 11.3 Å². The molecule has 2 aliphatic rings. The van der Waals surface area contributed by atoms with Gasteiger partial charge in [0, 0.05) is 24.5 Å². The van der Waals surface area contributed by atoms with Crippen molar-refractivity contribution in [2.45, 2.75) is 23.8 Å². The number of nitrogens with zero attached hydrogens (tertiary/aromatic N) is 1. The summed E-state index contributed by atoms with van der Waals surface area (Å²) in [5.74, 6) is 0.119. The van der Waals surface area contributed by atoms with Crippen LogP contribution in [0.3, 0.4) is 0 Å². The number of hydrogen-bond donors (Lipinski definition) is 1. The predicted molar refractivity (Wildman–Crippen MR) is 78.6 cm³/mol. The molecular formula is C13H18N2O4S2. The summed E-state index contributed by atoms with van der Waals surface area (Å²) in [5, 5.41) is 1.50. The van der Waals surface area contributed by atoms with Crippen molar-refractivity contribution >= 4 is 27.3 Å². The Kier molecular flexibility index (Phi) is 3.81. The van der Waals surface area contributed by atoms with Gasteiger partial charge in [0.15, 0.2) is 0 Å². The summed E-state index contributed by atoms with van der Waals surface area (Å²) in [4.78, 5) is 11.9. The number of nitrogens with two attached hydrogens (primary N) is 1. The van der Waals surface area contributed by atoms with Crippen molar-refractivity contribution in [2.24, 2.45) is 17.6 Å². The minimum atomic E-state index is -3.54. The lowest BCUT2D eigenvalue weighted by Crippen LogP contribution is -2.33. The van der Waals surface area contributed by atoms with E-state index in [1.165, 1.54) is 22.9 Å². The van der Waals surface area contributed by atoms with Crippen LogP contribution in [-0.4, -0.2) is 44.9 Å². The van der Waals surface area contributed by atoms with E-state index in [4.69, 9.17) is 5.73 Å². The third-order valence-electron chi connectivity index (χ3n) is 4.48. The number of rotatable bonds is 3. The van der Waals surface area contributed by atoms with E-state index in [0.29, 0.717) is 23.9 Å². The second-order valence-electron chi connectivity index (χ2n) is 5.63. The molecule has 6 nitrogen and oxygen atoms in total. The fraction of sp³-hybridized carbons (Fsp3) is 0.615. The van der Waals surface area contributed by atoms with Crippen molar-refractivity contribution in [3.8, 4) is 0 Å². The molecule has 0 amide bonds. The summed E-state index contributed by atoms with van der Waals surface area (Å²) in [6.07, 6.45) is 1.98. The lowest BCUT2D eigenvalue weighted by Gasteiger charge is -2.17. The molecule has 21 heavy (non-hydrogen) atoms. The van der Waals surface area contributed by atoms with Crippen molar-refractivity contribution in [1.29, 1.82) is 0 Å². The van der Waals surface area contributed by atoms with E-state index in [-0.39, 0.29) is 16.9 Å². The van der Waals surface area contributed by atoms with Gasteiger partial charge < -0.3 is 10.5 Å². The van der Waals surface area contributed by atoms with Gasteiger partial charge in [-0.3, -0.25) is 0 Å². The second-order valence-corrected chi connectivity index (χ2v) is 8.47. The van der Waals surface area contributed by atoms with Gasteiger partial charge >= 0.3 is 5.97 Å². The van der Waals surface area contributed by atoms with Crippen LogP contribution in [0.1, 0.15) is 22.5 Å². The van der Waals surface area contributed by atoms with Gasteiger partial charge in [-0.2, -0.15) is 4.31 Å². The van der Waals surface area contributed by atoms with E-state index >= 15 is 0 Å². The fourth-order valence-electron chi connectivity index (χ4n) is 3.27. The smallest absolute Gasteiger partial charge is 0.348 e. The number of thiophene rings is 1. The molecule has 1 aromatic rings. The van der Waals surface area contributed by atoms with Gasteiger partial charge in [0.1, 0.15) is 4.88 Å². The normalized spacial score (nSPS) is 29.5. The Hall–Kier alpha value is -0.960. The first-order valence-corrected chi connectivity index (χ1v) is 9.18. The summed E-state index contributed by atoms with van der Waals surface area (Å²) < 4.78 is 31.4. The van der Waals surface area contributed by atoms with E-state index < -0.39 is 16.0 Å². The maximum atomic E-state index is 12.6. The van der Waals surface area contributed by atoms with Crippen molar-refractivity contribution < 1.29 is 17.9 Å². The molecule has 3 unspecified atom stereocenters. The third-order valence-corrected chi connectivity index (χ3v) is 7.35. The number of carbonyl (C=O) groups excluding carboxylic acids is 1. The number of fused-ring (bicyclic) bond motifs is 1. The Labute approximate surface area is 127 Å². The van der Waals surface area contributed by atoms with Crippen LogP contribution in [0.5, 0.6) is 0 Å². The first kappa shape index (κ1) is 15.0. The average molecular weight is 330 g/mol. The van der Waals surface area contributed by atoms with Crippen LogP contribution < -0.4 is 5.73 Å². The van der Waals surface area contributed by atoms with E-state index in [2.05, 4.69) is 4.74 Å². The van der Waals surface area contributed by atoms with E-state index in [0.717, 1.165) is 24.2 Å². The number of ether oxygens (including phenoxy) is 1. The lowest BCUT2D eigenvalue weighted by molar-refractivity contribution is 0.0606. The highest BCUT2D eigenvalue weighted by Crippen LogP contribution is 2.39. The van der Waals surface area contributed by atoms with Crippen molar-refractivity contribution in [3.63, 3.8) is 0 Å². The Morgan fingerprint density at radius 1 is 1.43 bits per heavy atom. The summed E-state index contributed by atoms with van der Waals surface area (Å²) in [7, 11) is -2.27. The summed E-state index contributed by atoms with van der Waals surface area (Å²) >= 11 is 1.08. The molecule has 0 aromatic carbocycles. The molecule has 1 saturated heterocycles. The highest BCUT2D eigenvalue weighted by Gasteiger charge is 2.45. The minimum absolute atomic E-state index is 0.100. The maximum Gasteiger partial charge on any atom is 0.348 e. The summed E-state index contributed by atoms with van der Waals surface area (Å²) in [6.45, 7) is 1.02. The second kappa shape index (κ2) is 5.35. The molecule has 1 aliphatic carbocycles. The molecule has 3 rings (SSSR count). The molecule has 116 valence electrons. The monoisotopic (exact) mass is 330 g/mol. The minimum Gasteiger partial charge on any atom is -0.465 e. The Balaban J connectivity index is 1.81. The van der Waals surface area contributed by atoms with Crippen LogP contribution in [0.2, 0.25) is 0 Å². The molecule has 1 aliphatic heterocycles. The molecule has 8 heteroatoms. The van der Waals surface area contributed by atoms with Crippen molar-refractivity contribution in [3.05, 3.63) is 16.3 Å². The number of hydrogen-bond acceptors (Lipinski definition) is 6. The van der Waals surface area contributed by atoms with Crippen LogP contribution in [0.25, 0.3) is 0 Å². The van der Waals surface area contributed by atoms with E-state index in [1.807, 2.05) is 0 Å². The standard InChI is InChI=1S/C13H18N2O4S2/c1-19-13(16)12-4-9(7-20-12)21(17,18)15-5-8-2-3-11(14)10(8)6-15/h4,7-8,10-11H,2-3,5-6,14H2,1H3. The SMILES string of the molecule is COC(=O)c1cc(S(=O)(=O)N2CC3CCC(N)C3C2)cs1. The number of carbonyl (C=O) groups is 1. The number of sulfonamides is 1. The van der Waals surface area contributed by atoms with Crippen LogP contribution in [-0.2, 0) is 14.8 Å². The van der Waals surface area contributed by atoms with Crippen molar-refractivity contribution in [2.75, 3.05) is 20.2 Å². The molecule has 1 saturated carbocycles. The molecule has 0 bridgehead atoms. The highest BCUT2D eigenvalue weighted by atomic mass is 32.2. The van der Waals surface area contributed by atoms with Gasteiger partial charge in [-0.05, 0) is 30.7 Å². The van der Waals surface area contributed by atoms with Crippen LogP contribution >= 0.6 is 11.3 Å². The van der Waals surface area contributed by atoms with Gasteiger partial charge in [-0.1, -0.05) is 0 Å². The molecule has 3 atom stereocenters. The zero-order valence-corrected chi connectivity index (χ0v) is 13.3. The highest BCUT2D eigenvalue weighted by molar-refractivity contribution is 7.89. The van der Waals surface area contributed by atoms with Crippen LogP contribution in [0.4, 0.5) is 0 Å². The summed E-state index contributed by atoms with van der Waals surface area (Å²) in [5.41, 5.74) is 6.05. The zero-order chi connectivity index (χ0) is 15.2. The first-order valence-electron chi connectivity index (χ1n) is 6.86. The van der Waals surface area contributed by atoms with Gasteiger partial charge in [0.25, 0.3) is 0 Å². The van der Waals surface area contributed by atoms with E-state index in [1.54, 1.807) is 0 Å². The van der Waals surface area contributed by atoms with Gasteiger partial charge in [-0.25, -0.2) is 13.2 Å². The maximum absolute atomic E-state index is 12.6. The molecule has 0 radical (unpaired) electrons. The molecular weight excluding hydrogens is 312 g/mol. The lowest BCUT2D eigenvalue weighted by atomic mass is 9.98. The first-order chi connectivity index (χ1) is 9.93. The zero-order valence-electron chi connectivity index (χ0n) is 11.7. The third kappa shape index (κ3) is 2.50. The fourth-order valence-corrected chi connectivity index (χ4v) is 5.99. The molecule has 2 fully saturated rings. The van der Waals surface area contributed by atoms with Gasteiger partial charge in [0.2, 0.25) is 10.0 Å². The topological polar surface area (TPSA) is 89.7 Å². The van der Waals surface area contributed by atoms with Crippen LogP contribution in [0, 0.1) is 11.8 Å². The Morgan fingerprint density at radius 2 is 2.19 bits per heavy atom. The molecule has 2 N–H and O–H groups in total. The molecule has 1 aromatic heterocycles.